The van der Waals surface area contributed by atoms with Crippen LogP contribution in [0.3, 0.4) is 0 Å². The first kappa shape index (κ1) is 10.8. The Hall–Kier alpha value is -1.28. The van der Waals surface area contributed by atoms with Crippen LogP contribution in [0.2, 0.25) is 0 Å². The van der Waals surface area contributed by atoms with Crippen molar-refractivity contribution < 1.29 is 9.59 Å². The van der Waals surface area contributed by atoms with E-state index < -0.39 is 5.54 Å². The third-order valence-corrected chi connectivity index (χ3v) is 4.54. The first-order chi connectivity index (χ1) is 8.03. The van der Waals surface area contributed by atoms with Crippen LogP contribution < -0.4 is 9.67 Å². The molecule has 1 fully saturated rings. The number of carbonyl (C=O) groups excluding carboxylic acids is 2. The van der Waals surface area contributed by atoms with E-state index in [1.807, 2.05) is 0 Å². The second kappa shape index (κ2) is 3.36. The molecule has 0 radical (unpaired) electrons. The van der Waals surface area contributed by atoms with Crippen molar-refractivity contribution in [2.24, 2.45) is 0 Å². The number of likely N-dealkylation sites (N-methyl/N-ethyl adjacent to an activating group) is 1. The number of carbonyl (C=O) groups is 2. The second-order valence-electron chi connectivity index (χ2n) is 4.73. The molecule has 0 bridgehead atoms. The van der Waals surface area contributed by atoms with Gasteiger partial charge < -0.3 is 0 Å². The van der Waals surface area contributed by atoms with Gasteiger partial charge in [-0.15, -0.1) is 0 Å². The molecule has 1 aromatic carbocycles. The third-order valence-electron chi connectivity index (χ3n) is 3.79. The molecule has 2 aliphatic rings. The molecule has 1 saturated heterocycles. The number of benzene rings is 1. The Morgan fingerprint density at radius 3 is 2.65 bits per heavy atom. The summed E-state index contributed by atoms with van der Waals surface area (Å²) < 4.78 is 1.25. The number of hydrogen-bond donors (Lipinski definition) is 1. The van der Waals surface area contributed by atoms with E-state index in [4.69, 9.17) is 0 Å². The van der Waals surface area contributed by atoms with E-state index in [0.29, 0.717) is 12.8 Å². The van der Waals surface area contributed by atoms with Gasteiger partial charge in [-0.2, -0.15) is 0 Å². The molecule has 3 rings (SSSR count). The van der Waals surface area contributed by atoms with Crippen LogP contribution in [0.15, 0.2) is 18.2 Å². The van der Waals surface area contributed by atoms with Crippen molar-refractivity contribution in [3.8, 4) is 0 Å². The predicted molar refractivity (Wildman–Crippen MR) is 66.1 cm³/mol. The van der Waals surface area contributed by atoms with Crippen LogP contribution >= 0.6 is 0 Å². The van der Waals surface area contributed by atoms with Gasteiger partial charge in [0.05, 0.1) is 0 Å². The minimum atomic E-state index is -0.680. The molecule has 1 aliphatic heterocycles. The molecule has 2 atom stereocenters. The summed E-state index contributed by atoms with van der Waals surface area (Å²) in [6.07, 6.45) is 1.26. The van der Waals surface area contributed by atoms with Crippen molar-refractivity contribution in [2.45, 2.75) is 18.4 Å². The fraction of sp³-hybridized carbons (Fsp3) is 0.333. The molecule has 1 aliphatic carbocycles. The zero-order valence-corrected chi connectivity index (χ0v) is 11.9. The van der Waals surface area contributed by atoms with Gasteiger partial charge in [0, 0.05) is 0 Å². The molecule has 0 aromatic heterocycles. The molecule has 1 aromatic rings. The van der Waals surface area contributed by atoms with Crippen molar-refractivity contribution in [1.29, 1.82) is 0 Å². The van der Waals surface area contributed by atoms with E-state index in [9.17, 15) is 9.59 Å². The maximum atomic E-state index is 12.0. The number of rotatable bonds is 0. The average molecular weight is 292 g/mol. The van der Waals surface area contributed by atoms with Gasteiger partial charge in [-0.25, -0.2) is 0 Å². The van der Waals surface area contributed by atoms with Crippen LogP contribution in [0.4, 0.5) is 4.79 Å². The molecule has 1 spiro atoms. The van der Waals surface area contributed by atoms with Gasteiger partial charge in [-0.05, 0) is 0 Å². The zero-order chi connectivity index (χ0) is 12.2. The fourth-order valence-electron chi connectivity index (χ4n) is 2.72. The van der Waals surface area contributed by atoms with Gasteiger partial charge in [0.15, 0.2) is 0 Å². The average Bonchev–Trinajstić information content (AvgIpc) is 2.74. The quantitative estimate of drug-likeness (QED) is 0.491. The van der Waals surface area contributed by atoms with E-state index in [2.05, 4.69) is 23.5 Å². The van der Waals surface area contributed by atoms with Crippen molar-refractivity contribution in [3.63, 3.8) is 0 Å². The Morgan fingerprint density at radius 1 is 1.29 bits per heavy atom. The summed E-state index contributed by atoms with van der Waals surface area (Å²) in [6.45, 7) is 0. The Labute approximate surface area is 108 Å². The van der Waals surface area contributed by atoms with E-state index >= 15 is 0 Å². The van der Waals surface area contributed by atoms with E-state index in [1.54, 1.807) is 28.8 Å². The molecule has 5 heteroatoms. The Balaban J connectivity index is 2.05. The standard InChI is InChI=1S/C12H13AsN2O2/c1-15-11(17)14-10(16)12(15)5-7-2-3-9(13)4-8(7)6-12/h2-4H,5-6,13H2,1H3,(H,14,16,17). The summed E-state index contributed by atoms with van der Waals surface area (Å²) in [5, 5.41) is 2.40. The van der Waals surface area contributed by atoms with Gasteiger partial charge in [0.2, 0.25) is 0 Å². The SMILES string of the molecule is CN1C(=O)NC(=O)C12Cc1ccc([AsH2])cc1C2. The van der Waals surface area contributed by atoms with Crippen molar-refractivity contribution in [3.05, 3.63) is 29.3 Å². The second-order valence-corrected chi connectivity index (χ2v) is 6.13. The topological polar surface area (TPSA) is 49.4 Å². The normalized spacial score (nSPS) is 26.6. The van der Waals surface area contributed by atoms with Crippen LogP contribution in [-0.4, -0.2) is 46.3 Å². The predicted octanol–water partition coefficient (Wildman–Crippen LogP) is -1.04. The van der Waals surface area contributed by atoms with Gasteiger partial charge >= 0.3 is 108 Å². The van der Waals surface area contributed by atoms with Crippen molar-refractivity contribution in [1.82, 2.24) is 10.2 Å². The number of imide groups is 1. The van der Waals surface area contributed by atoms with Gasteiger partial charge in [0.25, 0.3) is 0 Å². The third kappa shape index (κ3) is 1.37. The van der Waals surface area contributed by atoms with Gasteiger partial charge in [-0.3, -0.25) is 0 Å². The van der Waals surface area contributed by atoms with Gasteiger partial charge in [-0.1, -0.05) is 0 Å². The summed E-state index contributed by atoms with van der Waals surface area (Å²) in [5.74, 6) is -0.163. The summed E-state index contributed by atoms with van der Waals surface area (Å²) in [7, 11) is 1.70. The molecule has 1 N–H and O–H groups in total. The van der Waals surface area contributed by atoms with Gasteiger partial charge in [0.1, 0.15) is 0 Å². The first-order valence-electron chi connectivity index (χ1n) is 5.49. The number of hydrogen-bond acceptors (Lipinski definition) is 2. The summed E-state index contributed by atoms with van der Waals surface area (Å²) >= 11 is 1.57. The number of urea groups is 1. The van der Waals surface area contributed by atoms with Crippen LogP contribution in [0.5, 0.6) is 0 Å². The summed E-state index contributed by atoms with van der Waals surface area (Å²) in [5.41, 5.74) is 1.70. The van der Waals surface area contributed by atoms with Crippen LogP contribution in [0.25, 0.3) is 0 Å². The Morgan fingerprint density at radius 2 is 2.00 bits per heavy atom. The van der Waals surface area contributed by atoms with Crippen molar-refractivity contribution in [2.75, 3.05) is 7.05 Å². The molecule has 3 amide bonds. The zero-order valence-electron chi connectivity index (χ0n) is 9.49. The number of nitrogens with one attached hydrogen (secondary N) is 1. The minimum absolute atomic E-state index is 0.163. The molecule has 1 heterocycles. The number of nitrogens with zero attached hydrogens (tertiary/aromatic N) is 1. The number of fused-ring (bicyclic) bond motifs is 1. The Kier molecular flexibility index (Phi) is 2.14. The van der Waals surface area contributed by atoms with Crippen LogP contribution in [0, 0.1) is 0 Å². The van der Waals surface area contributed by atoms with Crippen LogP contribution in [0.1, 0.15) is 11.1 Å². The molecule has 2 unspecified atom stereocenters. The molecule has 0 saturated carbocycles. The monoisotopic (exact) mass is 292 g/mol. The summed E-state index contributed by atoms with van der Waals surface area (Å²) in [4.78, 5) is 25.1. The van der Waals surface area contributed by atoms with E-state index in [-0.39, 0.29) is 11.9 Å². The fourth-order valence-corrected chi connectivity index (χ4v) is 3.34. The molecule has 17 heavy (non-hydrogen) atoms. The molecule has 88 valence electrons. The first-order valence-corrected chi connectivity index (χ1v) is 6.70. The van der Waals surface area contributed by atoms with E-state index in [1.165, 1.54) is 15.5 Å². The molecular formula is C12H13AsN2O2. The summed E-state index contributed by atoms with van der Waals surface area (Å²) in [6, 6.07) is 6.00. The Bertz CT molecular complexity index is 543. The molecular weight excluding hydrogens is 279 g/mol. The van der Waals surface area contributed by atoms with E-state index in [0.717, 1.165) is 0 Å². The number of amides is 3. The van der Waals surface area contributed by atoms with Crippen LogP contribution in [-0.2, 0) is 17.6 Å². The molecule has 4 nitrogen and oxygen atoms in total. The maximum absolute atomic E-state index is 12.0. The van der Waals surface area contributed by atoms with Crippen molar-refractivity contribution >= 4 is 33.1 Å².